The van der Waals surface area contributed by atoms with Crippen molar-refractivity contribution >= 4 is 29.1 Å². The number of ether oxygens (including phenoxy) is 1. The van der Waals surface area contributed by atoms with E-state index in [9.17, 15) is 14.7 Å². The number of hydrogen-bond donors (Lipinski definition) is 1. The Balaban J connectivity index is 1.91. The van der Waals surface area contributed by atoms with Crippen molar-refractivity contribution in [2.24, 2.45) is 0 Å². The molecule has 2 atom stereocenters. The first-order valence-electron chi connectivity index (χ1n) is 7.55. The van der Waals surface area contributed by atoms with Crippen LogP contribution in [0.4, 0.5) is 0 Å². The number of carboxylic acid groups (broad SMARTS) is 1. The van der Waals surface area contributed by atoms with Crippen LogP contribution < -0.4 is 0 Å². The van der Waals surface area contributed by atoms with E-state index in [1.54, 1.807) is 17.9 Å². The minimum atomic E-state index is -1.11. The zero-order valence-corrected chi connectivity index (χ0v) is 14.0. The summed E-state index contributed by atoms with van der Waals surface area (Å²) in [7, 11) is 0. The third kappa shape index (κ3) is 3.07. The Morgan fingerprint density at radius 1 is 1.50 bits per heavy atom. The number of aromatic carboxylic acids is 1. The molecule has 24 heavy (non-hydrogen) atoms. The van der Waals surface area contributed by atoms with Gasteiger partial charge in [0, 0.05) is 32.3 Å². The summed E-state index contributed by atoms with van der Waals surface area (Å²) in [6, 6.07) is 1.55. The molecule has 2 aromatic rings. The van der Waals surface area contributed by atoms with E-state index in [2.05, 4.69) is 10.1 Å². The second-order valence-electron chi connectivity index (χ2n) is 5.75. The van der Waals surface area contributed by atoms with E-state index < -0.39 is 12.1 Å². The van der Waals surface area contributed by atoms with Crippen LogP contribution in [0.1, 0.15) is 42.4 Å². The molecular formula is C15H17ClN4O4. The summed E-state index contributed by atoms with van der Waals surface area (Å²) in [5.74, 6) is -1.11. The SMILES string of the molecule is CC(=O)N1CC[C@@H](OC(C)c2c(C(=O)O)cnc3cc(Cl)nn23)C1. The summed E-state index contributed by atoms with van der Waals surface area (Å²) in [4.78, 5) is 28.7. The molecule has 1 saturated heterocycles. The van der Waals surface area contributed by atoms with Gasteiger partial charge >= 0.3 is 5.97 Å². The predicted octanol–water partition coefficient (Wildman–Crippen LogP) is 1.78. The van der Waals surface area contributed by atoms with E-state index in [4.69, 9.17) is 16.3 Å². The highest BCUT2D eigenvalue weighted by Gasteiger charge is 2.29. The van der Waals surface area contributed by atoms with Crippen molar-refractivity contribution in [3.8, 4) is 0 Å². The van der Waals surface area contributed by atoms with Gasteiger partial charge in [0.05, 0.1) is 17.9 Å². The lowest BCUT2D eigenvalue weighted by molar-refractivity contribution is -0.128. The standard InChI is InChI=1S/C15H17ClN4O4/c1-8(24-10-3-4-19(7-10)9(2)21)14-11(15(22)23)6-17-13-5-12(16)18-20(13)14/h5-6,8,10H,3-4,7H2,1-2H3,(H,22,23)/t8?,10-/m1/s1. The van der Waals surface area contributed by atoms with Crippen LogP contribution in [0.3, 0.4) is 0 Å². The fourth-order valence-corrected chi connectivity index (χ4v) is 3.13. The van der Waals surface area contributed by atoms with Crippen molar-refractivity contribution in [2.75, 3.05) is 13.1 Å². The summed E-state index contributed by atoms with van der Waals surface area (Å²) in [5.41, 5.74) is 0.837. The minimum Gasteiger partial charge on any atom is -0.478 e. The van der Waals surface area contributed by atoms with Gasteiger partial charge in [-0.1, -0.05) is 11.6 Å². The van der Waals surface area contributed by atoms with E-state index in [0.29, 0.717) is 30.9 Å². The monoisotopic (exact) mass is 352 g/mol. The van der Waals surface area contributed by atoms with Crippen LogP contribution in [0, 0.1) is 0 Å². The molecule has 0 saturated carbocycles. The predicted molar refractivity (Wildman–Crippen MR) is 85.1 cm³/mol. The molecule has 1 N–H and O–H groups in total. The molecule has 8 nitrogen and oxygen atoms in total. The van der Waals surface area contributed by atoms with E-state index in [1.165, 1.54) is 17.6 Å². The van der Waals surface area contributed by atoms with Crippen LogP contribution in [0.5, 0.6) is 0 Å². The van der Waals surface area contributed by atoms with Gasteiger partial charge in [0.2, 0.25) is 5.91 Å². The quantitative estimate of drug-likeness (QED) is 0.900. The van der Waals surface area contributed by atoms with E-state index in [-0.39, 0.29) is 22.7 Å². The van der Waals surface area contributed by atoms with Gasteiger partial charge in [-0.3, -0.25) is 4.79 Å². The molecule has 0 spiro atoms. The van der Waals surface area contributed by atoms with Crippen LogP contribution in [0.25, 0.3) is 5.65 Å². The van der Waals surface area contributed by atoms with Gasteiger partial charge in [0.1, 0.15) is 5.56 Å². The number of fused-ring (bicyclic) bond motifs is 1. The van der Waals surface area contributed by atoms with Gasteiger partial charge in [-0.15, -0.1) is 0 Å². The topological polar surface area (TPSA) is 97.0 Å². The number of aromatic nitrogens is 3. The largest absolute Gasteiger partial charge is 0.478 e. The zero-order chi connectivity index (χ0) is 17.4. The highest BCUT2D eigenvalue weighted by Crippen LogP contribution is 2.27. The molecule has 1 amide bonds. The smallest absolute Gasteiger partial charge is 0.339 e. The number of halogens is 1. The van der Waals surface area contributed by atoms with Crippen LogP contribution in [-0.4, -0.2) is 55.7 Å². The van der Waals surface area contributed by atoms with Gasteiger partial charge in [-0.25, -0.2) is 14.3 Å². The molecule has 1 aliphatic rings. The van der Waals surface area contributed by atoms with Crippen molar-refractivity contribution in [1.82, 2.24) is 19.5 Å². The van der Waals surface area contributed by atoms with Gasteiger partial charge in [-0.05, 0) is 13.3 Å². The van der Waals surface area contributed by atoms with Gasteiger partial charge in [0.25, 0.3) is 0 Å². The summed E-state index contributed by atoms with van der Waals surface area (Å²) in [5, 5.41) is 13.8. The summed E-state index contributed by atoms with van der Waals surface area (Å²) >= 11 is 5.91. The molecule has 0 aromatic carbocycles. The van der Waals surface area contributed by atoms with Gasteiger partial charge in [-0.2, -0.15) is 5.10 Å². The van der Waals surface area contributed by atoms with Crippen LogP contribution >= 0.6 is 11.6 Å². The maximum Gasteiger partial charge on any atom is 0.339 e. The Labute approximate surface area is 143 Å². The molecular weight excluding hydrogens is 336 g/mol. The van der Waals surface area contributed by atoms with E-state index in [1.807, 2.05) is 0 Å². The lowest BCUT2D eigenvalue weighted by Crippen LogP contribution is -2.28. The van der Waals surface area contributed by atoms with Crippen LogP contribution in [0.2, 0.25) is 5.15 Å². The lowest BCUT2D eigenvalue weighted by Gasteiger charge is -2.21. The molecule has 1 aliphatic heterocycles. The maximum absolute atomic E-state index is 11.5. The number of likely N-dealkylation sites (tertiary alicyclic amines) is 1. The first kappa shape index (κ1) is 16.7. The number of hydrogen-bond acceptors (Lipinski definition) is 5. The first-order valence-corrected chi connectivity index (χ1v) is 7.93. The molecule has 9 heteroatoms. The second-order valence-corrected chi connectivity index (χ2v) is 6.14. The maximum atomic E-state index is 11.5. The van der Waals surface area contributed by atoms with Gasteiger partial charge in [0.15, 0.2) is 10.8 Å². The fourth-order valence-electron chi connectivity index (χ4n) is 2.96. The average molecular weight is 353 g/mol. The van der Waals surface area contributed by atoms with Crippen molar-refractivity contribution < 1.29 is 19.4 Å². The third-order valence-electron chi connectivity index (χ3n) is 4.09. The van der Waals surface area contributed by atoms with E-state index >= 15 is 0 Å². The first-order chi connectivity index (χ1) is 11.4. The van der Waals surface area contributed by atoms with Crippen LogP contribution in [-0.2, 0) is 9.53 Å². The Morgan fingerprint density at radius 3 is 2.88 bits per heavy atom. The molecule has 0 bridgehead atoms. The molecule has 0 aliphatic carbocycles. The highest BCUT2D eigenvalue weighted by atomic mass is 35.5. The molecule has 0 radical (unpaired) electrons. The van der Waals surface area contributed by atoms with Crippen molar-refractivity contribution in [3.05, 3.63) is 28.7 Å². The molecule has 2 aromatic heterocycles. The number of nitrogens with zero attached hydrogens (tertiary/aromatic N) is 4. The normalized spacial score (nSPS) is 19.0. The molecule has 3 heterocycles. The molecule has 3 rings (SSSR count). The Hall–Kier alpha value is -2.19. The van der Waals surface area contributed by atoms with Crippen molar-refractivity contribution in [3.63, 3.8) is 0 Å². The Morgan fingerprint density at radius 2 is 2.25 bits per heavy atom. The number of carbonyl (C=O) groups is 2. The average Bonchev–Trinajstić information content (AvgIpc) is 3.11. The summed E-state index contributed by atoms with van der Waals surface area (Å²) in [6.45, 7) is 4.41. The number of carboxylic acids is 1. The third-order valence-corrected chi connectivity index (χ3v) is 4.28. The molecule has 128 valence electrons. The van der Waals surface area contributed by atoms with E-state index in [0.717, 1.165) is 0 Å². The minimum absolute atomic E-state index is 0.00476. The van der Waals surface area contributed by atoms with Crippen molar-refractivity contribution in [1.29, 1.82) is 0 Å². The van der Waals surface area contributed by atoms with Gasteiger partial charge < -0.3 is 14.7 Å². The molecule has 1 fully saturated rings. The zero-order valence-electron chi connectivity index (χ0n) is 13.3. The lowest BCUT2D eigenvalue weighted by atomic mass is 10.1. The van der Waals surface area contributed by atoms with Crippen LogP contribution in [0.15, 0.2) is 12.3 Å². The fraction of sp³-hybridized carbons (Fsp3) is 0.467. The summed E-state index contributed by atoms with van der Waals surface area (Å²) < 4.78 is 7.39. The second kappa shape index (κ2) is 6.37. The number of amides is 1. The van der Waals surface area contributed by atoms with Crippen molar-refractivity contribution in [2.45, 2.75) is 32.5 Å². The number of carbonyl (C=O) groups excluding carboxylic acids is 1. The summed E-state index contributed by atoms with van der Waals surface area (Å²) in [6.07, 6.45) is 1.29. The number of rotatable bonds is 4. The highest BCUT2D eigenvalue weighted by molar-refractivity contribution is 6.29. The Bertz CT molecular complexity index is 806. The molecule has 1 unspecified atom stereocenters. The Kier molecular flexibility index (Phi) is 4.42.